The lowest BCUT2D eigenvalue weighted by atomic mass is 10.2. The maximum atomic E-state index is 12.9. The highest BCUT2D eigenvalue weighted by molar-refractivity contribution is 7.16. The number of carbonyl (C=O) groups excluding carboxylic acids is 2. The number of amides is 1. The van der Waals surface area contributed by atoms with Crippen molar-refractivity contribution in [2.75, 3.05) is 27.4 Å². The summed E-state index contributed by atoms with van der Waals surface area (Å²) in [5.74, 6) is 0.510. The van der Waals surface area contributed by atoms with E-state index in [9.17, 15) is 9.59 Å². The van der Waals surface area contributed by atoms with Crippen LogP contribution in [0.2, 0.25) is 5.02 Å². The number of halogens is 1. The van der Waals surface area contributed by atoms with Crippen LogP contribution in [0, 0.1) is 0 Å². The van der Waals surface area contributed by atoms with E-state index in [0.717, 1.165) is 4.70 Å². The average Bonchev–Trinajstić information content (AvgIpc) is 3.07. The number of fused-ring (bicyclic) bond motifs is 2. The number of methoxy groups -OCH3 is 2. The molecular weight excluding hydrogens is 432 g/mol. The van der Waals surface area contributed by atoms with Crippen LogP contribution in [0.5, 0.6) is 17.2 Å². The molecule has 0 spiro atoms. The summed E-state index contributed by atoms with van der Waals surface area (Å²) >= 11 is 7.28. The zero-order valence-corrected chi connectivity index (χ0v) is 17.7. The van der Waals surface area contributed by atoms with Crippen molar-refractivity contribution in [3.05, 3.63) is 45.7 Å². The van der Waals surface area contributed by atoms with Crippen LogP contribution in [-0.2, 0) is 16.1 Å². The van der Waals surface area contributed by atoms with Gasteiger partial charge >= 0.3 is 5.97 Å². The Morgan fingerprint density at radius 1 is 1.17 bits per heavy atom. The molecule has 0 atom stereocenters. The van der Waals surface area contributed by atoms with E-state index in [2.05, 4.69) is 4.99 Å². The predicted octanol–water partition coefficient (Wildman–Crippen LogP) is 3.05. The Morgan fingerprint density at radius 3 is 2.60 bits per heavy atom. The predicted molar refractivity (Wildman–Crippen MR) is 111 cm³/mol. The third kappa shape index (κ3) is 3.86. The quantitative estimate of drug-likeness (QED) is 0.570. The van der Waals surface area contributed by atoms with Gasteiger partial charge in [-0.2, -0.15) is 4.99 Å². The molecule has 1 amide bonds. The summed E-state index contributed by atoms with van der Waals surface area (Å²) in [5, 5.41) is 0.384. The van der Waals surface area contributed by atoms with Crippen LogP contribution >= 0.6 is 22.9 Å². The molecule has 1 aromatic heterocycles. The standard InChI is InChI=1S/C20H17ClN2O6S/c1-26-14-4-3-11(21)7-12(14)19(25)22-20-23(10-18(24)27-2)13-8-15-16(9-17(13)30-20)29-6-5-28-15/h3-4,7-9H,5-6,10H2,1-2H3. The van der Waals surface area contributed by atoms with Gasteiger partial charge in [-0.1, -0.05) is 22.9 Å². The summed E-state index contributed by atoms with van der Waals surface area (Å²) in [4.78, 5) is 29.5. The second-order valence-corrected chi connectivity index (χ2v) is 7.72. The number of benzene rings is 2. The second-order valence-electron chi connectivity index (χ2n) is 6.27. The molecule has 2 heterocycles. The van der Waals surface area contributed by atoms with E-state index in [0.29, 0.717) is 45.8 Å². The molecule has 0 unspecified atom stereocenters. The number of ether oxygens (including phenoxy) is 4. The number of nitrogens with zero attached hydrogens (tertiary/aromatic N) is 2. The van der Waals surface area contributed by atoms with Crippen molar-refractivity contribution in [3.8, 4) is 17.2 Å². The topological polar surface area (TPSA) is 88.4 Å². The van der Waals surface area contributed by atoms with Crippen molar-refractivity contribution in [1.29, 1.82) is 0 Å². The van der Waals surface area contributed by atoms with Gasteiger partial charge in [-0.15, -0.1) is 0 Å². The minimum Gasteiger partial charge on any atom is -0.496 e. The number of rotatable bonds is 4. The van der Waals surface area contributed by atoms with Gasteiger partial charge in [0.15, 0.2) is 16.3 Å². The van der Waals surface area contributed by atoms with Gasteiger partial charge in [-0.3, -0.25) is 9.59 Å². The Balaban J connectivity index is 1.88. The van der Waals surface area contributed by atoms with Gasteiger partial charge in [0, 0.05) is 17.2 Å². The molecule has 10 heteroatoms. The summed E-state index contributed by atoms with van der Waals surface area (Å²) in [5.41, 5.74) is 0.900. The van der Waals surface area contributed by atoms with Crippen LogP contribution in [0.1, 0.15) is 10.4 Å². The molecule has 0 fully saturated rings. The fourth-order valence-corrected chi connectivity index (χ4v) is 4.24. The van der Waals surface area contributed by atoms with Gasteiger partial charge in [-0.05, 0) is 18.2 Å². The third-order valence-electron chi connectivity index (χ3n) is 4.45. The first-order valence-electron chi connectivity index (χ1n) is 8.92. The Kier molecular flexibility index (Phi) is 5.65. The van der Waals surface area contributed by atoms with Crippen molar-refractivity contribution in [2.24, 2.45) is 4.99 Å². The number of esters is 1. The van der Waals surface area contributed by atoms with Crippen molar-refractivity contribution < 1.29 is 28.5 Å². The molecule has 0 N–H and O–H groups in total. The summed E-state index contributed by atoms with van der Waals surface area (Å²) in [6.45, 7) is 0.773. The normalized spacial score (nSPS) is 13.4. The molecule has 156 valence electrons. The minimum atomic E-state index is -0.545. The van der Waals surface area contributed by atoms with E-state index >= 15 is 0 Å². The van der Waals surface area contributed by atoms with Crippen molar-refractivity contribution >= 4 is 45.0 Å². The first kappa shape index (κ1) is 20.2. The van der Waals surface area contributed by atoms with Crippen molar-refractivity contribution in [1.82, 2.24) is 4.57 Å². The van der Waals surface area contributed by atoms with Crippen LogP contribution in [0.3, 0.4) is 0 Å². The van der Waals surface area contributed by atoms with E-state index in [1.54, 1.807) is 22.8 Å². The zero-order valence-electron chi connectivity index (χ0n) is 16.1. The highest BCUT2D eigenvalue weighted by Crippen LogP contribution is 2.35. The summed E-state index contributed by atoms with van der Waals surface area (Å²) < 4.78 is 23.7. The Hall–Kier alpha value is -3.04. The number of thiazole rings is 1. The first-order chi connectivity index (χ1) is 14.5. The van der Waals surface area contributed by atoms with Crippen molar-refractivity contribution in [3.63, 3.8) is 0 Å². The molecule has 2 aromatic carbocycles. The molecule has 8 nitrogen and oxygen atoms in total. The number of aromatic nitrogens is 1. The average molecular weight is 449 g/mol. The van der Waals surface area contributed by atoms with E-state index < -0.39 is 11.9 Å². The fourth-order valence-electron chi connectivity index (χ4n) is 3.03. The van der Waals surface area contributed by atoms with Crippen LogP contribution in [0.4, 0.5) is 0 Å². The molecular formula is C20H17ClN2O6S. The molecule has 1 aliphatic heterocycles. The lowest BCUT2D eigenvalue weighted by Gasteiger charge is -2.18. The number of hydrogen-bond donors (Lipinski definition) is 0. The molecule has 1 aliphatic rings. The lowest BCUT2D eigenvalue weighted by Crippen LogP contribution is -2.22. The van der Waals surface area contributed by atoms with Crippen LogP contribution in [0.15, 0.2) is 35.3 Å². The molecule has 4 rings (SSSR count). The van der Waals surface area contributed by atoms with Gasteiger partial charge in [-0.25, -0.2) is 0 Å². The maximum Gasteiger partial charge on any atom is 0.325 e. The highest BCUT2D eigenvalue weighted by atomic mass is 35.5. The van der Waals surface area contributed by atoms with Crippen LogP contribution in [0.25, 0.3) is 10.2 Å². The van der Waals surface area contributed by atoms with Crippen molar-refractivity contribution in [2.45, 2.75) is 6.54 Å². The second kappa shape index (κ2) is 8.37. The van der Waals surface area contributed by atoms with E-state index in [1.807, 2.05) is 6.07 Å². The molecule has 0 saturated carbocycles. The molecule has 3 aromatic rings. The molecule has 0 aliphatic carbocycles. The Bertz CT molecular complexity index is 1220. The lowest BCUT2D eigenvalue weighted by molar-refractivity contribution is -0.141. The van der Waals surface area contributed by atoms with Gasteiger partial charge in [0.1, 0.15) is 25.5 Å². The smallest absolute Gasteiger partial charge is 0.325 e. The Morgan fingerprint density at radius 2 is 1.90 bits per heavy atom. The molecule has 0 radical (unpaired) electrons. The van der Waals surface area contributed by atoms with E-state index in [-0.39, 0.29) is 12.1 Å². The molecule has 0 bridgehead atoms. The SMILES string of the molecule is COC(=O)Cn1c(=NC(=O)c2cc(Cl)ccc2OC)sc2cc3c(cc21)OCCO3. The number of hydrogen-bond acceptors (Lipinski definition) is 7. The third-order valence-corrected chi connectivity index (χ3v) is 5.73. The van der Waals surface area contributed by atoms with E-state index in [1.165, 1.54) is 31.6 Å². The highest BCUT2D eigenvalue weighted by Gasteiger charge is 2.19. The van der Waals surface area contributed by atoms with Gasteiger partial charge in [0.25, 0.3) is 5.91 Å². The zero-order chi connectivity index (χ0) is 21.3. The maximum absolute atomic E-state index is 12.9. The minimum absolute atomic E-state index is 0.116. The van der Waals surface area contributed by atoms with Gasteiger partial charge in [0.2, 0.25) is 0 Å². The monoisotopic (exact) mass is 448 g/mol. The van der Waals surface area contributed by atoms with E-state index in [4.69, 9.17) is 30.5 Å². The number of carbonyl (C=O) groups is 2. The summed E-state index contributed by atoms with van der Waals surface area (Å²) in [6, 6.07) is 8.29. The summed E-state index contributed by atoms with van der Waals surface area (Å²) in [7, 11) is 2.76. The van der Waals surface area contributed by atoms with Gasteiger partial charge < -0.3 is 23.5 Å². The van der Waals surface area contributed by atoms with Crippen LogP contribution < -0.4 is 19.0 Å². The molecule has 30 heavy (non-hydrogen) atoms. The fraction of sp³-hybridized carbons (Fsp3) is 0.250. The summed E-state index contributed by atoms with van der Waals surface area (Å²) in [6.07, 6.45) is 0. The largest absolute Gasteiger partial charge is 0.496 e. The van der Waals surface area contributed by atoms with Gasteiger partial charge in [0.05, 0.1) is 30.0 Å². The van der Waals surface area contributed by atoms with Crippen LogP contribution in [-0.4, -0.2) is 43.9 Å². The first-order valence-corrected chi connectivity index (χ1v) is 10.1. The Labute approximate surface area is 180 Å². The molecule has 0 saturated heterocycles.